The molecule has 0 aliphatic heterocycles. The van der Waals surface area contributed by atoms with Crippen LogP contribution in [-0.4, -0.2) is 27.5 Å². The van der Waals surface area contributed by atoms with Crippen LogP contribution in [0.3, 0.4) is 0 Å². The number of sulfonamides is 1. The monoisotopic (exact) mass is 436 g/mol. The SMILES string of the molecule is O=C(NCCOc1cccc(Cl)c1)c1ccc(NS(=O)(=O)c2cccs2)cc1. The third kappa shape index (κ3) is 5.48. The maximum Gasteiger partial charge on any atom is 0.271 e. The van der Waals surface area contributed by atoms with Crippen LogP contribution in [0.4, 0.5) is 5.69 Å². The van der Waals surface area contributed by atoms with Crippen molar-refractivity contribution in [2.75, 3.05) is 17.9 Å². The van der Waals surface area contributed by atoms with Crippen molar-refractivity contribution in [3.63, 3.8) is 0 Å². The minimum absolute atomic E-state index is 0.231. The first-order valence-electron chi connectivity index (χ1n) is 8.27. The fourth-order valence-corrected chi connectivity index (χ4v) is 4.54. The van der Waals surface area contributed by atoms with Crippen LogP contribution in [0.5, 0.6) is 5.75 Å². The maximum atomic E-state index is 12.2. The number of carbonyl (C=O) groups is 1. The van der Waals surface area contributed by atoms with E-state index in [0.29, 0.717) is 35.2 Å². The minimum Gasteiger partial charge on any atom is -0.492 e. The van der Waals surface area contributed by atoms with Gasteiger partial charge >= 0.3 is 0 Å². The Balaban J connectivity index is 1.49. The topological polar surface area (TPSA) is 84.5 Å². The van der Waals surface area contributed by atoms with Gasteiger partial charge in [-0.25, -0.2) is 8.42 Å². The van der Waals surface area contributed by atoms with Crippen molar-refractivity contribution in [3.8, 4) is 5.75 Å². The third-order valence-corrected chi connectivity index (χ3v) is 6.63. The summed E-state index contributed by atoms with van der Waals surface area (Å²) in [6, 6.07) is 16.4. The van der Waals surface area contributed by atoms with Gasteiger partial charge in [0.15, 0.2) is 0 Å². The smallest absolute Gasteiger partial charge is 0.271 e. The van der Waals surface area contributed by atoms with E-state index in [1.54, 1.807) is 60.0 Å². The number of thiophene rings is 1. The van der Waals surface area contributed by atoms with E-state index >= 15 is 0 Å². The maximum absolute atomic E-state index is 12.2. The largest absolute Gasteiger partial charge is 0.492 e. The van der Waals surface area contributed by atoms with Gasteiger partial charge in [0.05, 0.1) is 6.54 Å². The fraction of sp³-hybridized carbons (Fsp3) is 0.105. The molecule has 3 rings (SSSR count). The molecule has 1 amide bonds. The molecule has 0 spiro atoms. The van der Waals surface area contributed by atoms with Crippen LogP contribution in [0.15, 0.2) is 70.3 Å². The Morgan fingerprint density at radius 3 is 2.54 bits per heavy atom. The fourth-order valence-electron chi connectivity index (χ4n) is 2.30. The van der Waals surface area contributed by atoms with Crippen molar-refractivity contribution in [3.05, 3.63) is 76.6 Å². The highest BCUT2D eigenvalue weighted by Gasteiger charge is 2.15. The van der Waals surface area contributed by atoms with Crippen LogP contribution in [0.2, 0.25) is 5.02 Å². The third-order valence-electron chi connectivity index (χ3n) is 3.61. The van der Waals surface area contributed by atoms with E-state index in [1.165, 1.54) is 6.07 Å². The summed E-state index contributed by atoms with van der Waals surface area (Å²) >= 11 is 7.01. The molecule has 3 aromatic rings. The summed E-state index contributed by atoms with van der Waals surface area (Å²) in [6.07, 6.45) is 0. The lowest BCUT2D eigenvalue weighted by Gasteiger charge is -2.09. The molecule has 0 fully saturated rings. The van der Waals surface area contributed by atoms with E-state index in [0.717, 1.165) is 11.3 Å². The Hall–Kier alpha value is -2.55. The molecule has 0 unspecified atom stereocenters. The second-order valence-corrected chi connectivity index (χ2v) is 8.97. The number of ether oxygens (including phenoxy) is 1. The summed E-state index contributed by atoms with van der Waals surface area (Å²) in [5, 5.41) is 5.01. The van der Waals surface area contributed by atoms with Crippen LogP contribution in [0.1, 0.15) is 10.4 Å². The van der Waals surface area contributed by atoms with E-state index in [1.807, 2.05) is 0 Å². The second-order valence-electron chi connectivity index (χ2n) is 5.68. The Morgan fingerprint density at radius 1 is 1.07 bits per heavy atom. The Kier molecular flexibility index (Phi) is 6.56. The highest BCUT2D eigenvalue weighted by atomic mass is 35.5. The zero-order chi connectivity index (χ0) is 20.0. The second kappa shape index (κ2) is 9.09. The van der Waals surface area contributed by atoms with E-state index in [-0.39, 0.29) is 10.1 Å². The number of carbonyl (C=O) groups excluding carboxylic acids is 1. The number of hydrogen-bond donors (Lipinski definition) is 2. The molecule has 28 heavy (non-hydrogen) atoms. The minimum atomic E-state index is -3.61. The van der Waals surface area contributed by atoms with Gasteiger partial charge in [0.25, 0.3) is 15.9 Å². The molecule has 146 valence electrons. The zero-order valence-corrected chi connectivity index (χ0v) is 17.0. The molecule has 0 saturated carbocycles. The summed E-state index contributed by atoms with van der Waals surface area (Å²) in [5.41, 5.74) is 0.802. The highest BCUT2D eigenvalue weighted by molar-refractivity contribution is 7.94. The number of anilines is 1. The molecule has 2 N–H and O–H groups in total. The Labute approximate surface area is 172 Å². The molecule has 9 heteroatoms. The Bertz CT molecular complexity index is 1040. The number of nitrogens with one attached hydrogen (secondary N) is 2. The van der Waals surface area contributed by atoms with E-state index in [2.05, 4.69) is 10.0 Å². The summed E-state index contributed by atoms with van der Waals surface area (Å²) < 4.78 is 32.6. The van der Waals surface area contributed by atoms with Crippen LogP contribution >= 0.6 is 22.9 Å². The van der Waals surface area contributed by atoms with Crippen LogP contribution in [0, 0.1) is 0 Å². The van der Waals surface area contributed by atoms with Crippen molar-refractivity contribution in [2.24, 2.45) is 0 Å². The lowest BCUT2D eigenvalue weighted by atomic mass is 10.2. The van der Waals surface area contributed by atoms with Crippen LogP contribution in [0.25, 0.3) is 0 Å². The molecule has 0 aliphatic carbocycles. The predicted octanol–water partition coefficient (Wildman–Crippen LogP) is 4.01. The number of amides is 1. The van der Waals surface area contributed by atoms with Gasteiger partial charge in [0.2, 0.25) is 0 Å². The molecule has 0 saturated heterocycles. The number of rotatable bonds is 8. The van der Waals surface area contributed by atoms with E-state index in [4.69, 9.17) is 16.3 Å². The molecule has 1 aromatic heterocycles. The first kappa shape index (κ1) is 20.2. The van der Waals surface area contributed by atoms with Gasteiger partial charge in [-0.05, 0) is 53.9 Å². The molecular weight excluding hydrogens is 420 g/mol. The number of hydrogen-bond acceptors (Lipinski definition) is 5. The lowest BCUT2D eigenvalue weighted by Crippen LogP contribution is -2.28. The van der Waals surface area contributed by atoms with Gasteiger partial charge in [-0.2, -0.15) is 0 Å². The summed E-state index contributed by atoms with van der Waals surface area (Å²) in [4.78, 5) is 12.2. The first-order valence-corrected chi connectivity index (χ1v) is 11.0. The van der Waals surface area contributed by atoms with Gasteiger partial charge in [-0.1, -0.05) is 23.7 Å². The Morgan fingerprint density at radius 2 is 1.86 bits per heavy atom. The average molecular weight is 437 g/mol. The van der Waals surface area contributed by atoms with E-state index in [9.17, 15) is 13.2 Å². The van der Waals surface area contributed by atoms with Crippen molar-refractivity contribution in [2.45, 2.75) is 4.21 Å². The molecule has 1 heterocycles. The van der Waals surface area contributed by atoms with Gasteiger partial charge in [-0.15, -0.1) is 11.3 Å². The summed E-state index contributed by atoms with van der Waals surface area (Å²) in [7, 11) is -3.61. The van der Waals surface area contributed by atoms with Gasteiger partial charge in [-0.3, -0.25) is 9.52 Å². The zero-order valence-electron chi connectivity index (χ0n) is 14.6. The molecule has 0 bridgehead atoms. The van der Waals surface area contributed by atoms with Crippen LogP contribution < -0.4 is 14.8 Å². The molecule has 0 radical (unpaired) electrons. The van der Waals surface area contributed by atoms with Crippen molar-refractivity contribution in [1.82, 2.24) is 5.32 Å². The quantitative estimate of drug-likeness (QED) is 0.522. The van der Waals surface area contributed by atoms with Gasteiger partial charge < -0.3 is 10.1 Å². The molecule has 0 aliphatic rings. The predicted molar refractivity (Wildman–Crippen MR) is 111 cm³/mol. The van der Waals surface area contributed by atoms with Crippen molar-refractivity contribution in [1.29, 1.82) is 0 Å². The standard InChI is InChI=1S/C19H17ClN2O4S2/c20-15-3-1-4-17(13-15)26-11-10-21-19(23)14-6-8-16(9-7-14)22-28(24,25)18-5-2-12-27-18/h1-9,12-13,22H,10-11H2,(H,21,23). The lowest BCUT2D eigenvalue weighted by molar-refractivity contribution is 0.0947. The molecule has 2 aromatic carbocycles. The summed E-state index contributed by atoms with van der Waals surface area (Å²) in [6.45, 7) is 0.614. The average Bonchev–Trinajstić information content (AvgIpc) is 3.21. The first-order chi connectivity index (χ1) is 13.4. The highest BCUT2D eigenvalue weighted by Crippen LogP contribution is 2.20. The van der Waals surface area contributed by atoms with Crippen molar-refractivity contribution >= 4 is 44.6 Å². The normalized spacial score (nSPS) is 11.0. The number of halogens is 1. The van der Waals surface area contributed by atoms with Crippen LogP contribution in [-0.2, 0) is 10.0 Å². The summed E-state index contributed by atoms with van der Waals surface area (Å²) in [5.74, 6) is 0.353. The van der Waals surface area contributed by atoms with E-state index < -0.39 is 10.0 Å². The molecule has 0 atom stereocenters. The van der Waals surface area contributed by atoms with Gasteiger partial charge in [0.1, 0.15) is 16.6 Å². The number of benzene rings is 2. The van der Waals surface area contributed by atoms with Crippen molar-refractivity contribution < 1.29 is 17.9 Å². The molecule has 6 nitrogen and oxygen atoms in total. The molecular formula is C19H17ClN2O4S2. The van der Waals surface area contributed by atoms with Gasteiger partial charge in [0, 0.05) is 16.3 Å².